The second-order valence-corrected chi connectivity index (χ2v) is 4.48. The molecule has 3 atom stereocenters. The van der Waals surface area contributed by atoms with E-state index >= 15 is 0 Å². The molecular weight excluding hydrogens is 230 g/mol. The van der Waals surface area contributed by atoms with Crippen LogP contribution in [0.1, 0.15) is 64.3 Å². The van der Waals surface area contributed by atoms with Crippen molar-refractivity contribution in [1.29, 1.82) is 0 Å². The number of hydrogen-bond acceptors (Lipinski definition) is 5. The lowest BCUT2D eigenvalue weighted by atomic mass is 9.98. The van der Waals surface area contributed by atoms with E-state index in [0.29, 0.717) is 17.8 Å². The molecule has 0 amide bonds. The van der Waals surface area contributed by atoms with E-state index in [9.17, 15) is 0 Å². The van der Waals surface area contributed by atoms with Gasteiger partial charge in [-0.05, 0) is 26.3 Å². The van der Waals surface area contributed by atoms with Crippen LogP contribution < -0.4 is 5.32 Å². The third kappa shape index (κ3) is 3.53. The van der Waals surface area contributed by atoms with E-state index in [1.165, 1.54) is 0 Å². The molecule has 0 aliphatic carbocycles. The van der Waals surface area contributed by atoms with Crippen LogP contribution in [0.15, 0.2) is 4.52 Å². The zero-order valence-corrected chi connectivity index (χ0v) is 12.1. The first-order valence-corrected chi connectivity index (χ1v) is 6.77. The number of aromatic nitrogens is 2. The van der Waals surface area contributed by atoms with Gasteiger partial charge in [0.05, 0.1) is 5.92 Å². The Kier molecular flexibility index (Phi) is 6.29. The lowest BCUT2D eigenvalue weighted by Gasteiger charge is -2.19. The summed E-state index contributed by atoms with van der Waals surface area (Å²) in [6.45, 7) is 9.36. The van der Waals surface area contributed by atoms with Crippen LogP contribution in [-0.4, -0.2) is 29.8 Å². The highest BCUT2D eigenvalue weighted by molar-refractivity contribution is 4.99. The van der Waals surface area contributed by atoms with Crippen molar-refractivity contribution < 1.29 is 9.26 Å². The Labute approximate surface area is 109 Å². The van der Waals surface area contributed by atoms with Crippen LogP contribution in [-0.2, 0) is 4.74 Å². The normalized spacial score (nSPS) is 16.5. The summed E-state index contributed by atoms with van der Waals surface area (Å²) in [6, 6.07) is 0.330. The van der Waals surface area contributed by atoms with Gasteiger partial charge in [0.2, 0.25) is 11.7 Å². The fourth-order valence-electron chi connectivity index (χ4n) is 2.19. The van der Waals surface area contributed by atoms with E-state index in [0.717, 1.165) is 19.4 Å². The van der Waals surface area contributed by atoms with Crippen molar-refractivity contribution in [3.05, 3.63) is 11.7 Å². The van der Waals surface area contributed by atoms with Crippen molar-refractivity contribution in [2.45, 2.75) is 58.6 Å². The van der Waals surface area contributed by atoms with Gasteiger partial charge >= 0.3 is 0 Å². The first-order valence-electron chi connectivity index (χ1n) is 6.77. The maximum Gasteiger partial charge on any atom is 0.231 e. The van der Waals surface area contributed by atoms with Gasteiger partial charge in [-0.15, -0.1) is 0 Å². The molecule has 0 saturated carbocycles. The molecule has 5 nitrogen and oxygen atoms in total. The molecular formula is C13H25N3O2. The van der Waals surface area contributed by atoms with Crippen LogP contribution in [0, 0.1) is 0 Å². The Morgan fingerprint density at radius 3 is 2.50 bits per heavy atom. The van der Waals surface area contributed by atoms with Gasteiger partial charge in [-0.3, -0.25) is 0 Å². The van der Waals surface area contributed by atoms with Crippen molar-refractivity contribution in [3.8, 4) is 0 Å². The van der Waals surface area contributed by atoms with Gasteiger partial charge in [-0.25, -0.2) is 0 Å². The number of ether oxygens (including phenoxy) is 1. The Hall–Kier alpha value is -0.940. The Morgan fingerprint density at radius 2 is 2.00 bits per heavy atom. The summed E-state index contributed by atoms with van der Waals surface area (Å²) in [5.74, 6) is 1.61. The topological polar surface area (TPSA) is 60.2 Å². The summed E-state index contributed by atoms with van der Waals surface area (Å²) in [5, 5.41) is 7.43. The van der Waals surface area contributed by atoms with E-state index in [2.05, 4.69) is 36.2 Å². The molecule has 0 saturated heterocycles. The van der Waals surface area contributed by atoms with E-state index in [-0.39, 0.29) is 12.0 Å². The largest absolute Gasteiger partial charge is 0.373 e. The van der Waals surface area contributed by atoms with Gasteiger partial charge in [-0.1, -0.05) is 25.9 Å². The molecule has 1 aromatic rings. The Bertz CT molecular complexity index is 337. The van der Waals surface area contributed by atoms with Crippen LogP contribution in [0.5, 0.6) is 0 Å². The van der Waals surface area contributed by atoms with Crippen LogP contribution in [0.4, 0.5) is 0 Å². The molecule has 1 aromatic heterocycles. The van der Waals surface area contributed by atoms with Gasteiger partial charge in [0.1, 0.15) is 6.10 Å². The molecule has 0 aliphatic heterocycles. The standard InChI is InChI=1S/C13H25N3O2/c1-6-10(9(4)14-8-3)13-15-12(16-18-13)11(7-2)17-5/h9-11,14H,6-8H2,1-5H3. The second-order valence-electron chi connectivity index (χ2n) is 4.48. The average Bonchev–Trinajstić information content (AvgIpc) is 2.81. The number of nitrogens with one attached hydrogen (secondary N) is 1. The minimum absolute atomic E-state index is 0.0746. The predicted molar refractivity (Wildman–Crippen MR) is 70.5 cm³/mol. The van der Waals surface area contributed by atoms with Crippen LogP contribution >= 0.6 is 0 Å². The maximum absolute atomic E-state index is 5.39. The van der Waals surface area contributed by atoms with Gasteiger partial charge < -0.3 is 14.6 Å². The fraction of sp³-hybridized carbons (Fsp3) is 0.846. The first kappa shape index (κ1) is 15.1. The van der Waals surface area contributed by atoms with Crippen molar-refractivity contribution >= 4 is 0 Å². The zero-order chi connectivity index (χ0) is 13.5. The number of nitrogens with zero attached hydrogens (tertiary/aromatic N) is 2. The maximum atomic E-state index is 5.39. The summed E-state index contributed by atoms with van der Waals surface area (Å²) in [6.07, 6.45) is 1.74. The van der Waals surface area contributed by atoms with E-state index in [1.807, 2.05) is 6.92 Å². The molecule has 0 aliphatic rings. The zero-order valence-electron chi connectivity index (χ0n) is 12.1. The van der Waals surface area contributed by atoms with Crippen molar-refractivity contribution in [2.24, 2.45) is 0 Å². The quantitative estimate of drug-likeness (QED) is 0.774. The summed E-state index contributed by atoms with van der Waals surface area (Å²) in [5.41, 5.74) is 0. The molecule has 18 heavy (non-hydrogen) atoms. The Balaban J connectivity index is 2.81. The summed E-state index contributed by atoms with van der Waals surface area (Å²) in [7, 11) is 1.67. The molecule has 1 heterocycles. The minimum atomic E-state index is -0.0746. The second kappa shape index (κ2) is 7.48. The molecule has 1 rings (SSSR count). The molecule has 3 unspecified atom stereocenters. The highest BCUT2D eigenvalue weighted by atomic mass is 16.5. The van der Waals surface area contributed by atoms with Crippen LogP contribution in [0.25, 0.3) is 0 Å². The van der Waals surface area contributed by atoms with Gasteiger partial charge in [0, 0.05) is 13.2 Å². The molecule has 104 valence electrons. The highest BCUT2D eigenvalue weighted by Crippen LogP contribution is 2.24. The van der Waals surface area contributed by atoms with E-state index in [1.54, 1.807) is 7.11 Å². The Morgan fingerprint density at radius 1 is 1.28 bits per heavy atom. The van der Waals surface area contributed by atoms with Crippen LogP contribution in [0.3, 0.4) is 0 Å². The van der Waals surface area contributed by atoms with Gasteiger partial charge in [0.25, 0.3) is 0 Å². The summed E-state index contributed by atoms with van der Waals surface area (Å²) >= 11 is 0. The average molecular weight is 255 g/mol. The molecule has 1 N–H and O–H groups in total. The molecule has 0 radical (unpaired) electrons. The lowest BCUT2D eigenvalue weighted by molar-refractivity contribution is 0.0903. The minimum Gasteiger partial charge on any atom is -0.373 e. The molecule has 0 fully saturated rings. The number of likely N-dealkylation sites (N-methyl/N-ethyl adjacent to an activating group) is 1. The fourth-order valence-corrected chi connectivity index (χ4v) is 2.19. The first-order chi connectivity index (χ1) is 8.67. The van der Waals surface area contributed by atoms with Crippen molar-refractivity contribution in [2.75, 3.05) is 13.7 Å². The third-order valence-electron chi connectivity index (χ3n) is 3.29. The van der Waals surface area contributed by atoms with E-state index in [4.69, 9.17) is 9.26 Å². The number of rotatable bonds is 8. The molecule has 5 heteroatoms. The van der Waals surface area contributed by atoms with E-state index < -0.39 is 0 Å². The summed E-state index contributed by atoms with van der Waals surface area (Å²) in [4.78, 5) is 4.48. The molecule has 0 spiro atoms. The van der Waals surface area contributed by atoms with Gasteiger partial charge in [0.15, 0.2) is 0 Å². The van der Waals surface area contributed by atoms with Gasteiger partial charge in [-0.2, -0.15) is 4.98 Å². The predicted octanol–water partition coefficient (Wildman–Crippen LogP) is 2.66. The third-order valence-corrected chi connectivity index (χ3v) is 3.29. The summed E-state index contributed by atoms with van der Waals surface area (Å²) < 4.78 is 10.7. The van der Waals surface area contributed by atoms with Crippen molar-refractivity contribution in [3.63, 3.8) is 0 Å². The highest BCUT2D eigenvalue weighted by Gasteiger charge is 2.25. The smallest absolute Gasteiger partial charge is 0.231 e. The lowest BCUT2D eigenvalue weighted by Crippen LogP contribution is -2.31. The molecule has 0 bridgehead atoms. The monoisotopic (exact) mass is 255 g/mol. The van der Waals surface area contributed by atoms with Crippen LogP contribution in [0.2, 0.25) is 0 Å². The SMILES string of the molecule is CCNC(C)C(CC)c1nc(C(CC)OC)no1. The number of methoxy groups -OCH3 is 1. The number of hydrogen-bond donors (Lipinski definition) is 1. The van der Waals surface area contributed by atoms with Crippen molar-refractivity contribution in [1.82, 2.24) is 15.5 Å². The molecule has 0 aromatic carbocycles.